The van der Waals surface area contributed by atoms with E-state index in [0.29, 0.717) is 18.4 Å². The van der Waals surface area contributed by atoms with Gasteiger partial charge in [-0.25, -0.2) is 0 Å². The number of fused-ring (bicyclic) bond motifs is 1. The average Bonchev–Trinajstić information content (AvgIpc) is 3.28. The van der Waals surface area contributed by atoms with Crippen LogP contribution in [0.5, 0.6) is 0 Å². The van der Waals surface area contributed by atoms with Gasteiger partial charge in [-0.3, -0.25) is 14.5 Å². The molecular formula is C21H21N3O2S4. The maximum Gasteiger partial charge on any atom is 0.269 e. The van der Waals surface area contributed by atoms with Gasteiger partial charge in [-0.2, -0.15) is 0 Å². The molecule has 0 bridgehead atoms. The van der Waals surface area contributed by atoms with Crippen LogP contribution in [0.25, 0.3) is 10.5 Å². The standard InChI is InChI=1S/C21H21N3O2S4/c1-11(2)12(10-15-22(3)13-8-6-7-9-14(13)28-15)16-18(25)23(4)20(29-16)17-19(26)24(5)21(27)30-17/h6-11H,1-5H3/b15-10-,16-12-,20-17-. The van der Waals surface area contributed by atoms with E-state index in [1.54, 1.807) is 30.4 Å². The molecule has 3 heterocycles. The summed E-state index contributed by atoms with van der Waals surface area (Å²) in [6, 6.07) is 8.27. The molecule has 1 aromatic heterocycles. The quantitative estimate of drug-likeness (QED) is 0.623. The second kappa shape index (κ2) is 8.03. The molecule has 0 radical (unpaired) electrons. The zero-order valence-electron chi connectivity index (χ0n) is 17.3. The summed E-state index contributed by atoms with van der Waals surface area (Å²) in [6.07, 6.45) is 2.11. The second-order valence-electron chi connectivity index (χ2n) is 7.38. The first-order valence-electron chi connectivity index (χ1n) is 9.37. The Morgan fingerprint density at radius 3 is 2.37 bits per heavy atom. The molecule has 0 saturated carbocycles. The predicted octanol–water partition coefficient (Wildman–Crippen LogP) is 2.94. The number of rotatable bonds is 2. The van der Waals surface area contributed by atoms with Gasteiger partial charge in [0.15, 0.2) is 0 Å². The van der Waals surface area contributed by atoms with Gasteiger partial charge in [0.25, 0.3) is 11.5 Å². The highest BCUT2D eigenvalue weighted by atomic mass is 32.2. The number of amides is 1. The molecule has 4 rings (SSSR count). The molecule has 2 aliphatic heterocycles. The number of benzene rings is 1. The molecule has 0 atom stereocenters. The Hall–Kier alpha value is -1.81. The largest absolute Gasteiger partial charge is 0.338 e. The van der Waals surface area contributed by atoms with Crippen LogP contribution in [0, 0.1) is 5.92 Å². The number of para-hydroxylation sites is 1. The van der Waals surface area contributed by atoms with Crippen molar-refractivity contribution in [3.8, 4) is 0 Å². The molecule has 0 unspecified atom stereocenters. The van der Waals surface area contributed by atoms with Crippen molar-refractivity contribution in [2.24, 2.45) is 13.0 Å². The lowest BCUT2D eigenvalue weighted by Crippen LogP contribution is -2.32. The van der Waals surface area contributed by atoms with Crippen molar-refractivity contribution in [2.75, 3.05) is 19.0 Å². The Morgan fingerprint density at radius 1 is 1.07 bits per heavy atom. The highest BCUT2D eigenvalue weighted by Gasteiger charge is 2.31. The topological polar surface area (TPSA) is 45.5 Å². The average molecular weight is 476 g/mol. The number of allylic oxidation sites excluding steroid dienone is 1. The van der Waals surface area contributed by atoms with Crippen LogP contribution in [0.1, 0.15) is 13.8 Å². The van der Waals surface area contributed by atoms with Gasteiger partial charge in [0.2, 0.25) is 0 Å². The summed E-state index contributed by atoms with van der Waals surface area (Å²) in [7, 11) is 5.43. The van der Waals surface area contributed by atoms with Gasteiger partial charge in [-0.05, 0) is 29.7 Å². The summed E-state index contributed by atoms with van der Waals surface area (Å²) < 4.78 is 3.41. The zero-order chi connectivity index (χ0) is 21.7. The molecule has 30 heavy (non-hydrogen) atoms. The van der Waals surface area contributed by atoms with Crippen LogP contribution in [-0.2, 0) is 11.8 Å². The van der Waals surface area contributed by atoms with Crippen molar-refractivity contribution in [2.45, 2.75) is 18.7 Å². The van der Waals surface area contributed by atoms with Crippen molar-refractivity contribution in [1.82, 2.24) is 9.47 Å². The zero-order valence-corrected chi connectivity index (χ0v) is 20.5. The molecule has 0 spiro atoms. The summed E-state index contributed by atoms with van der Waals surface area (Å²) in [5.74, 6) is -0.00511. The van der Waals surface area contributed by atoms with Crippen molar-refractivity contribution in [3.63, 3.8) is 0 Å². The third-order valence-corrected chi connectivity index (χ3v) is 9.22. The van der Waals surface area contributed by atoms with E-state index in [1.165, 1.54) is 32.9 Å². The van der Waals surface area contributed by atoms with Gasteiger partial charge in [0.05, 0.1) is 15.2 Å². The number of thioether (sulfide) groups is 2. The molecule has 1 saturated heterocycles. The van der Waals surface area contributed by atoms with E-state index in [-0.39, 0.29) is 17.4 Å². The van der Waals surface area contributed by atoms with Crippen molar-refractivity contribution in [3.05, 3.63) is 54.9 Å². The van der Waals surface area contributed by atoms with Gasteiger partial charge >= 0.3 is 0 Å². The van der Waals surface area contributed by atoms with Gasteiger partial charge < -0.3 is 9.47 Å². The van der Waals surface area contributed by atoms with Crippen LogP contribution in [-0.4, -0.2) is 33.8 Å². The third-order valence-electron chi connectivity index (χ3n) is 5.09. The molecule has 156 valence electrons. The highest BCUT2D eigenvalue weighted by molar-refractivity contribution is 8.30. The van der Waals surface area contributed by atoms with E-state index in [2.05, 4.69) is 37.0 Å². The first-order valence-corrected chi connectivity index (χ1v) is 12.2. The first-order chi connectivity index (χ1) is 14.2. The number of carbonyl (C=O) groups is 1. The maximum absolute atomic E-state index is 13.2. The van der Waals surface area contributed by atoms with Crippen LogP contribution in [0.15, 0.2) is 45.1 Å². The molecular weight excluding hydrogens is 455 g/mol. The van der Waals surface area contributed by atoms with E-state index in [0.717, 1.165) is 16.3 Å². The minimum atomic E-state index is -0.153. The minimum absolute atomic E-state index is 0.0833. The van der Waals surface area contributed by atoms with Crippen molar-refractivity contribution in [1.29, 1.82) is 0 Å². The van der Waals surface area contributed by atoms with Crippen LogP contribution < -0.4 is 19.7 Å². The SMILES string of the molecule is CC(C)C(/C=C1\Sc2ccccc2N1C)=c1\s/c(=C2\SC(=S)N(C)C2=O)n(C)c1=O. The number of hydrogen-bond donors (Lipinski definition) is 0. The maximum atomic E-state index is 13.2. The Balaban J connectivity index is 1.93. The van der Waals surface area contributed by atoms with E-state index < -0.39 is 0 Å². The summed E-state index contributed by atoms with van der Waals surface area (Å²) in [6.45, 7) is 4.17. The van der Waals surface area contributed by atoms with Gasteiger partial charge in [0, 0.05) is 26.0 Å². The van der Waals surface area contributed by atoms with Gasteiger partial charge in [0.1, 0.15) is 13.9 Å². The van der Waals surface area contributed by atoms with E-state index >= 15 is 0 Å². The Labute approximate surface area is 192 Å². The molecule has 1 fully saturated rings. The third kappa shape index (κ3) is 3.47. The van der Waals surface area contributed by atoms with E-state index in [1.807, 2.05) is 19.2 Å². The molecule has 1 amide bonds. The number of hydrogen-bond acceptors (Lipinski definition) is 7. The number of anilines is 1. The molecule has 0 N–H and O–H groups in total. The number of carbonyl (C=O) groups excluding carboxylic acids is 1. The lowest BCUT2D eigenvalue weighted by Gasteiger charge is -2.15. The lowest BCUT2D eigenvalue weighted by atomic mass is 10.0. The molecule has 9 heteroatoms. The van der Waals surface area contributed by atoms with E-state index in [4.69, 9.17) is 12.2 Å². The van der Waals surface area contributed by atoms with Crippen LogP contribution in [0.4, 0.5) is 5.69 Å². The summed E-state index contributed by atoms with van der Waals surface area (Å²) in [5.41, 5.74) is 2.05. The molecule has 2 aliphatic rings. The fourth-order valence-electron chi connectivity index (χ4n) is 3.28. The number of thiazole rings is 1. The summed E-state index contributed by atoms with van der Waals surface area (Å²) >= 11 is 9.59. The van der Waals surface area contributed by atoms with Crippen LogP contribution >= 0.6 is 47.1 Å². The second-order valence-corrected chi connectivity index (χ2v) is 11.1. The predicted molar refractivity (Wildman–Crippen MR) is 132 cm³/mol. The van der Waals surface area contributed by atoms with Crippen LogP contribution in [0.3, 0.4) is 0 Å². The number of thiocarbonyl (C=S) groups is 1. The molecule has 0 aliphatic carbocycles. The summed E-state index contributed by atoms with van der Waals surface area (Å²) in [4.78, 5) is 31.1. The number of nitrogens with zero attached hydrogens (tertiary/aromatic N) is 3. The van der Waals surface area contributed by atoms with E-state index in [9.17, 15) is 9.59 Å². The van der Waals surface area contributed by atoms with Gasteiger partial charge in [-0.1, -0.05) is 61.7 Å². The molecule has 2 aromatic rings. The minimum Gasteiger partial charge on any atom is -0.338 e. The van der Waals surface area contributed by atoms with Crippen LogP contribution in [0.2, 0.25) is 0 Å². The van der Waals surface area contributed by atoms with Gasteiger partial charge in [-0.15, -0.1) is 11.3 Å². The fraction of sp³-hybridized carbons (Fsp3) is 0.286. The Kier molecular flexibility index (Phi) is 5.73. The van der Waals surface area contributed by atoms with Crippen molar-refractivity contribution >= 4 is 73.5 Å². The number of aromatic nitrogens is 1. The first kappa shape index (κ1) is 21.4. The Bertz CT molecular complexity index is 1290. The summed E-state index contributed by atoms with van der Waals surface area (Å²) in [5, 5.41) is 1.08. The Morgan fingerprint density at radius 2 is 1.77 bits per heavy atom. The lowest BCUT2D eigenvalue weighted by molar-refractivity contribution is -0.119. The smallest absolute Gasteiger partial charge is 0.269 e. The fourth-order valence-corrected chi connectivity index (χ4v) is 7.04. The highest BCUT2D eigenvalue weighted by Crippen LogP contribution is 2.45. The molecule has 1 aromatic carbocycles. The molecule has 5 nitrogen and oxygen atoms in total. The normalized spacial score (nSPS) is 20.7. The monoisotopic (exact) mass is 475 g/mol. The van der Waals surface area contributed by atoms with Crippen molar-refractivity contribution < 1.29 is 4.79 Å².